The zero-order chi connectivity index (χ0) is 26.9. The molecule has 1 saturated heterocycles. The molecule has 39 heavy (non-hydrogen) atoms. The molecule has 2 aliphatic rings. The molecule has 1 aliphatic carbocycles. The minimum absolute atomic E-state index is 0.420. The van der Waals surface area contributed by atoms with Gasteiger partial charge in [-0.3, -0.25) is 4.99 Å². The van der Waals surface area contributed by atoms with Crippen molar-refractivity contribution in [2.24, 2.45) is 16.8 Å². The van der Waals surface area contributed by atoms with Crippen LogP contribution in [0.25, 0.3) is 11.0 Å². The van der Waals surface area contributed by atoms with Crippen molar-refractivity contribution >= 4 is 52.0 Å². The molecule has 6 rings (SSSR count). The fourth-order valence-electron chi connectivity index (χ4n) is 5.27. The highest BCUT2D eigenvalue weighted by atomic mass is 35.5. The summed E-state index contributed by atoms with van der Waals surface area (Å²) in [4.78, 5) is 25.3. The Bertz CT molecular complexity index is 1540. The molecule has 1 N–H and O–H groups in total. The number of aliphatic imine (C=N–C) groups is 1. The number of aryl methyl sites for hydroxylation is 1. The van der Waals surface area contributed by atoms with E-state index in [0.29, 0.717) is 45.3 Å². The molecule has 2 aromatic heterocycles. The minimum atomic E-state index is 0.420. The molecule has 4 aromatic rings. The smallest absolute Gasteiger partial charge is 0.226 e. The lowest BCUT2D eigenvalue weighted by atomic mass is 10.1. The largest absolute Gasteiger partial charge is 0.456 e. The highest BCUT2D eigenvalue weighted by Gasteiger charge is 2.39. The van der Waals surface area contributed by atoms with Gasteiger partial charge in [-0.1, -0.05) is 31.5 Å². The van der Waals surface area contributed by atoms with Crippen molar-refractivity contribution < 1.29 is 4.74 Å². The molecule has 2 fully saturated rings. The van der Waals surface area contributed by atoms with E-state index >= 15 is 0 Å². The number of nitrogens with zero attached hydrogens (tertiary/aromatic N) is 6. The molecule has 0 amide bonds. The van der Waals surface area contributed by atoms with Crippen LogP contribution in [0.4, 0.5) is 23.1 Å². The lowest BCUT2D eigenvalue weighted by molar-refractivity contribution is 0.483. The fraction of sp³-hybridized carbons (Fsp3) is 0.367. The van der Waals surface area contributed by atoms with Crippen molar-refractivity contribution in [2.75, 3.05) is 16.8 Å². The molecule has 1 aliphatic heterocycles. The summed E-state index contributed by atoms with van der Waals surface area (Å²) < 4.78 is 6.12. The lowest BCUT2D eigenvalue weighted by Gasteiger charge is -2.26. The summed E-state index contributed by atoms with van der Waals surface area (Å²) in [6, 6.07) is 12.0. The summed E-state index contributed by atoms with van der Waals surface area (Å²) in [6.07, 6.45) is 10.1. The predicted molar refractivity (Wildman–Crippen MR) is 157 cm³/mol. The number of hydrogen-bond acceptors (Lipinski definition) is 8. The Morgan fingerprint density at radius 3 is 2.85 bits per heavy atom. The molecule has 3 atom stereocenters. The first kappa shape index (κ1) is 25.5. The fourth-order valence-corrected chi connectivity index (χ4v) is 5.49. The molecule has 3 unspecified atom stereocenters. The number of anilines is 3. The summed E-state index contributed by atoms with van der Waals surface area (Å²) in [7, 11) is 0. The van der Waals surface area contributed by atoms with Gasteiger partial charge in [0.05, 0.1) is 16.9 Å². The predicted octanol–water partition coefficient (Wildman–Crippen LogP) is 7.65. The van der Waals surface area contributed by atoms with Gasteiger partial charge in [0.2, 0.25) is 5.95 Å². The van der Waals surface area contributed by atoms with Crippen molar-refractivity contribution in [1.29, 1.82) is 0 Å². The Morgan fingerprint density at radius 2 is 2.08 bits per heavy atom. The second-order valence-electron chi connectivity index (χ2n) is 10.6. The van der Waals surface area contributed by atoms with Crippen LogP contribution in [0.1, 0.15) is 45.1 Å². The van der Waals surface area contributed by atoms with Crippen molar-refractivity contribution in [1.82, 2.24) is 19.9 Å². The summed E-state index contributed by atoms with van der Waals surface area (Å²) in [5.74, 6) is 3.78. The zero-order valence-corrected chi connectivity index (χ0v) is 23.2. The van der Waals surface area contributed by atoms with Crippen LogP contribution in [0.2, 0.25) is 5.02 Å². The molecule has 2 bridgehead atoms. The average molecular weight is 542 g/mol. The van der Waals surface area contributed by atoms with Crippen LogP contribution in [0.15, 0.2) is 53.9 Å². The monoisotopic (exact) mass is 541 g/mol. The van der Waals surface area contributed by atoms with Crippen molar-refractivity contribution in [3.8, 4) is 11.5 Å². The third kappa shape index (κ3) is 5.39. The minimum Gasteiger partial charge on any atom is -0.456 e. The average Bonchev–Trinajstić information content (AvgIpc) is 3.59. The third-order valence-corrected chi connectivity index (χ3v) is 8.04. The SMILES string of the molecule is CCC(C)C=Nc1cc(Oc2ccc(Nc3ncnc4cnc(N5CC6CCC5C6)nc34)cc2Cl)ccc1C. The van der Waals surface area contributed by atoms with E-state index in [1.54, 1.807) is 6.20 Å². The highest BCUT2D eigenvalue weighted by Crippen LogP contribution is 2.40. The number of ether oxygens (including phenoxy) is 1. The van der Waals surface area contributed by atoms with Gasteiger partial charge in [-0.25, -0.2) is 19.9 Å². The second kappa shape index (κ2) is 10.8. The molecule has 1 saturated carbocycles. The topological polar surface area (TPSA) is 88.4 Å². The number of hydrogen-bond donors (Lipinski definition) is 1. The number of rotatable bonds is 8. The molecular formula is C30H32ClN7O. The number of benzene rings is 2. The quantitative estimate of drug-likeness (QED) is 0.229. The Balaban J connectivity index is 1.21. The first-order valence-corrected chi connectivity index (χ1v) is 14.0. The summed E-state index contributed by atoms with van der Waals surface area (Å²) in [5, 5.41) is 3.84. The van der Waals surface area contributed by atoms with E-state index in [4.69, 9.17) is 21.3 Å². The third-order valence-electron chi connectivity index (χ3n) is 7.75. The van der Waals surface area contributed by atoms with E-state index in [9.17, 15) is 0 Å². The Hall–Kier alpha value is -3.78. The van der Waals surface area contributed by atoms with Gasteiger partial charge in [-0.2, -0.15) is 0 Å². The van der Waals surface area contributed by atoms with E-state index in [-0.39, 0.29) is 0 Å². The summed E-state index contributed by atoms with van der Waals surface area (Å²) >= 11 is 6.64. The van der Waals surface area contributed by atoms with Crippen LogP contribution in [0.3, 0.4) is 0 Å². The molecule has 0 radical (unpaired) electrons. The van der Waals surface area contributed by atoms with Gasteiger partial charge < -0.3 is 15.0 Å². The molecule has 200 valence electrons. The van der Waals surface area contributed by atoms with Gasteiger partial charge >= 0.3 is 0 Å². The number of nitrogens with one attached hydrogen (secondary N) is 1. The standard InChI is InChI=1S/C30H32ClN7O/c1-4-18(2)14-32-25-13-23(9-5-19(25)3)39-27-10-7-21(12-24(27)31)36-29-28-26(34-17-35-29)15-33-30(37-28)38-16-20-6-8-22(38)11-20/h5,7,9-10,12-15,17-18,20,22H,4,6,8,11,16H2,1-3H3,(H,34,35,36). The van der Waals surface area contributed by atoms with E-state index in [1.165, 1.54) is 25.6 Å². The van der Waals surface area contributed by atoms with Gasteiger partial charge in [0.1, 0.15) is 28.9 Å². The molecule has 8 nitrogen and oxygen atoms in total. The lowest BCUT2D eigenvalue weighted by Crippen LogP contribution is -2.33. The Kier molecular flexibility index (Phi) is 7.04. The van der Waals surface area contributed by atoms with E-state index in [0.717, 1.165) is 41.8 Å². The van der Waals surface area contributed by atoms with E-state index < -0.39 is 0 Å². The van der Waals surface area contributed by atoms with Crippen LogP contribution >= 0.6 is 11.6 Å². The van der Waals surface area contributed by atoms with E-state index in [1.807, 2.05) is 49.5 Å². The molecule has 9 heteroatoms. The first-order valence-electron chi connectivity index (χ1n) is 13.6. The van der Waals surface area contributed by atoms with Crippen LogP contribution in [-0.2, 0) is 0 Å². The van der Waals surface area contributed by atoms with Gasteiger partial charge in [0, 0.05) is 30.6 Å². The normalized spacial score (nSPS) is 19.2. The van der Waals surface area contributed by atoms with Crippen molar-refractivity contribution in [3.63, 3.8) is 0 Å². The Labute approximate surface area is 233 Å². The van der Waals surface area contributed by atoms with Crippen LogP contribution in [0.5, 0.6) is 11.5 Å². The zero-order valence-electron chi connectivity index (χ0n) is 22.4. The van der Waals surface area contributed by atoms with E-state index in [2.05, 4.69) is 44.0 Å². The number of piperidine rings is 1. The Morgan fingerprint density at radius 1 is 1.18 bits per heavy atom. The van der Waals surface area contributed by atoms with Crippen LogP contribution < -0.4 is 15.0 Å². The molecule has 2 aromatic carbocycles. The van der Waals surface area contributed by atoms with Crippen molar-refractivity contribution in [3.05, 3.63) is 59.5 Å². The van der Waals surface area contributed by atoms with Crippen LogP contribution in [0, 0.1) is 18.8 Å². The summed E-state index contributed by atoms with van der Waals surface area (Å²) in [6.45, 7) is 7.37. The number of aromatic nitrogens is 4. The van der Waals surface area contributed by atoms with Crippen molar-refractivity contribution in [2.45, 2.75) is 52.5 Å². The van der Waals surface area contributed by atoms with Crippen LogP contribution in [-0.4, -0.2) is 38.7 Å². The number of halogens is 1. The van der Waals surface area contributed by atoms with Gasteiger partial charge in [0.15, 0.2) is 5.82 Å². The molecular weight excluding hydrogens is 510 g/mol. The highest BCUT2D eigenvalue weighted by molar-refractivity contribution is 6.32. The first-order chi connectivity index (χ1) is 19.0. The molecule has 0 spiro atoms. The second-order valence-corrected chi connectivity index (χ2v) is 11.0. The summed E-state index contributed by atoms with van der Waals surface area (Å²) in [5.41, 5.74) is 4.13. The van der Waals surface area contributed by atoms with Gasteiger partial charge in [-0.05, 0) is 74.3 Å². The van der Waals surface area contributed by atoms with Gasteiger partial charge in [0.25, 0.3) is 0 Å². The number of fused-ring (bicyclic) bond motifs is 3. The maximum absolute atomic E-state index is 6.64. The maximum Gasteiger partial charge on any atom is 0.226 e. The molecule has 3 heterocycles. The van der Waals surface area contributed by atoms with Gasteiger partial charge in [-0.15, -0.1) is 0 Å². The maximum atomic E-state index is 6.64.